The van der Waals surface area contributed by atoms with E-state index in [1.54, 1.807) is 0 Å². The van der Waals surface area contributed by atoms with Gasteiger partial charge in [0.25, 0.3) is 0 Å². The number of aromatic nitrogens is 3. The maximum absolute atomic E-state index is 9.03. The summed E-state index contributed by atoms with van der Waals surface area (Å²) in [7, 11) is -1.59. The van der Waals surface area contributed by atoms with Crippen molar-refractivity contribution in [1.82, 2.24) is 14.5 Å². The van der Waals surface area contributed by atoms with Crippen molar-refractivity contribution in [3.05, 3.63) is 168 Å². The molecule has 6 heteroatoms. The minimum Gasteiger partial charge on any atom is -0.501 e. The minimum atomic E-state index is -1.59. The van der Waals surface area contributed by atoms with Crippen molar-refractivity contribution in [3.63, 3.8) is 0 Å². The van der Waals surface area contributed by atoms with Crippen LogP contribution in [0.5, 0.6) is 0 Å². The summed E-state index contributed by atoms with van der Waals surface area (Å²) in [5, 5.41) is 8.26. The van der Waals surface area contributed by atoms with E-state index in [1.807, 2.05) is 19.2 Å². The molecule has 10 rings (SSSR count). The normalized spacial score (nSPS) is 13.3. The first kappa shape index (κ1) is 43.6. The molecule has 0 saturated carbocycles. The van der Waals surface area contributed by atoms with Gasteiger partial charge in [0.1, 0.15) is 5.58 Å². The standard InChI is InChI=1S/C35H23N2O.C23H34NSi.Ir/c1-21-14-16-27-32(18-21)38-34-28(17-15-22(2)33(27)34)35-36-29-19-24-9-3-4-10-25(24)20-31(29)37(35)30-13-7-11-23-8-5-6-12-26(23)30;1-16(2)17(3)20-14-21(24-15-22(20)25(7,8)9)18-11-10-12-19(13-18)23(4,5)6;/h3-16,18-20H,1-2H3;10,12-17H,1-9H3;/q2*-1;/i;17D;. The number of aryl methyl sites for hydroxylation is 2. The number of fused-ring (bicyclic) bond motifs is 6. The molecule has 0 aliphatic carbocycles. The second-order valence-corrected chi connectivity index (χ2v) is 24.6. The summed E-state index contributed by atoms with van der Waals surface area (Å²) in [4.78, 5) is 10.0. The van der Waals surface area contributed by atoms with Gasteiger partial charge in [-0.15, -0.1) is 53.1 Å². The Labute approximate surface area is 394 Å². The van der Waals surface area contributed by atoms with Crippen LogP contribution in [0.15, 0.2) is 138 Å². The van der Waals surface area contributed by atoms with Gasteiger partial charge in [0.2, 0.25) is 0 Å². The van der Waals surface area contributed by atoms with Crippen LogP contribution in [0.1, 0.15) is 71.1 Å². The van der Waals surface area contributed by atoms with E-state index >= 15 is 0 Å². The minimum absolute atomic E-state index is 0. The molecule has 1 atom stereocenters. The molecule has 0 N–H and O–H groups in total. The van der Waals surface area contributed by atoms with Crippen molar-refractivity contribution in [2.75, 3.05) is 0 Å². The molecule has 1 unspecified atom stereocenters. The van der Waals surface area contributed by atoms with Crippen molar-refractivity contribution in [3.8, 4) is 28.3 Å². The Balaban J connectivity index is 0.000000189. The summed E-state index contributed by atoms with van der Waals surface area (Å²) in [6.45, 7) is 24.2. The second-order valence-electron chi connectivity index (χ2n) is 19.6. The molecule has 0 fully saturated rings. The Morgan fingerprint density at radius 1 is 0.766 bits per heavy atom. The first-order valence-electron chi connectivity index (χ1n) is 22.7. The van der Waals surface area contributed by atoms with Crippen molar-refractivity contribution in [2.45, 2.75) is 86.3 Å². The molecule has 7 aromatic carbocycles. The van der Waals surface area contributed by atoms with Crippen LogP contribution >= 0.6 is 0 Å². The van der Waals surface area contributed by atoms with E-state index in [9.17, 15) is 0 Å². The molecule has 10 aromatic rings. The average Bonchev–Trinajstić information content (AvgIpc) is 3.83. The van der Waals surface area contributed by atoms with Crippen LogP contribution in [0.2, 0.25) is 19.6 Å². The van der Waals surface area contributed by atoms with Crippen LogP contribution in [0.3, 0.4) is 0 Å². The first-order chi connectivity index (χ1) is 30.4. The zero-order valence-electron chi connectivity index (χ0n) is 39.9. The van der Waals surface area contributed by atoms with Crippen LogP contribution in [0.25, 0.3) is 82.8 Å². The molecular weight excluding hydrogens is 975 g/mol. The van der Waals surface area contributed by atoms with E-state index in [0.717, 1.165) is 72.4 Å². The molecule has 0 saturated heterocycles. The third-order valence-corrected chi connectivity index (χ3v) is 14.6. The number of furan rings is 1. The van der Waals surface area contributed by atoms with Crippen LogP contribution in [-0.2, 0) is 25.5 Å². The van der Waals surface area contributed by atoms with E-state index in [-0.39, 0.29) is 31.4 Å². The molecule has 0 aliphatic rings. The third kappa shape index (κ3) is 8.40. The van der Waals surface area contributed by atoms with Crippen LogP contribution in [-0.4, -0.2) is 22.6 Å². The summed E-state index contributed by atoms with van der Waals surface area (Å²) < 4.78 is 17.9. The molecule has 0 amide bonds. The van der Waals surface area contributed by atoms with Crippen LogP contribution in [0.4, 0.5) is 0 Å². The quantitative estimate of drug-likeness (QED) is 0.123. The van der Waals surface area contributed by atoms with Gasteiger partial charge in [0.05, 0.1) is 30.5 Å². The Morgan fingerprint density at radius 3 is 2.19 bits per heavy atom. The maximum atomic E-state index is 9.03. The summed E-state index contributed by atoms with van der Waals surface area (Å²) in [6, 6.07) is 51.7. The Morgan fingerprint density at radius 2 is 1.47 bits per heavy atom. The Bertz CT molecular complexity index is 3400. The second kappa shape index (κ2) is 17.4. The molecule has 3 heterocycles. The maximum Gasteiger partial charge on any atom is 0.121 e. The van der Waals surface area contributed by atoms with Crippen molar-refractivity contribution < 1.29 is 25.9 Å². The molecule has 1 radical (unpaired) electrons. The molecule has 0 bridgehead atoms. The third-order valence-electron chi connectivity index (χ3n) is 12.6. The van der Waals surface area contributed by atoms with E-state index in [4.69, 9.17) is 15.8 Å². The molecule has 64 heavy (non-hydrogen) atoms. The van der Waals surface area contributed by atoms with Gasteiger partial charge in [0, 0.05) is 44.1 Å². The van der Waals surface area contributed by atoms with Crippen molar-refractivity contribution in [2.24, 2.45) is 5.92 Å². The summed E-state index contributed by atoms with van der Waals surface area (Å²) in [5.74, 6) is 0.430. The van der Waals surface area contributed by atoms with Crippen molar-refractivity contribution in [1.29, 1.82) is 0 Å². The van der Waals surface area contributed by atoms with Gasteiger partial charge in [-0.1, -0.05) is 163 Å². The van der Waals surface area contributed by atoms with Gasteiger partial charge >= 0.3 is 0 Å². The van der Waals surface area contributed by atoms with E-state index in [0.29, 0.717) is 0 Å². The Hall–Kier alpha value is -5.65. The van der Waals surface area contributed by atoms with E-state index in [2.05, 4.69) is 206 Å². The van der Waals surface area contributed by atoms with E-state index < -0.39 is 14.0 Å². The molecular formula is C58H57IrN3OSi-2. The van der Waals surface area contributed by atoms with Gasteiger partial charge < -0.3 is 14.0 Å². The number of nitrogens with zero attached hydrogens (tertiary/aromatic N) is 3. The van der Waals surface area contributed by atoms with E-state index in [1.165, 1.54) is 37.9 Å². The van der Waals surface area contributed by atoms with Gasteiger partial charge in [-0.2, -0.15) is 0 Å². The fourth-order valence-electron chi connectivity index (χ4n) is 8.75. The SMILES string of the molecule is Cc1ccc2c(c1)oc1c(-c3nc4cc5ccccc5cc4n3-c3cccc4ccccc34)[c-]cc(C)c12.[2H]C(C)(c1cc(-c2[c-]ccc(C(C)(C)C)c2)ncc1[Si](C)(C)C)C(C)C.[Ir]. The summed E-state index contributed by atoms with van der Waals surface area (Å²) in [5.41, 5.74) is 12.4. The number of rotatable bonds is 6. The predicted octanol–water partition coefficient (Wildman–Crippen LogP) is 15.5. The van der Waals surface area contributed by atoms with Crippen molar-refractivity contribution >= 4 is 67.8 Å². The Kier molecular flexibility index (Phi) is 11.8. The fourth-order valence-corrected chi connectivity index (χ4v) is 10.3. The summed E-state index contributed by atoms with van der Waals surface area (Å²) >= 11 is 0. The number of pyridine rings is 1. The van der Waals surface area contributed by atoms with Gasteiger partial charge in [-0.25, -0.2) is 0 Å². The smallest absolute Gasteiger partial charge is 0.121 e. The fraction of sp³-hybridized carbons (Fsp3) is 0.241. The number of hydrogen-bond acceptors (Lipinski definition) is 3. The van der Waals surface area contributed by atoms with Crippen LogP contribution < -0.4 is 5.19 Å². The van der Waals surface area contributed by atoms with Gasteiger partial charge in [-0.05, 0) is 81.0 Å². The molecule has 3 aromatic heterocycles. The predicted molar refractivity (Wildman–Crippen MR) is 271 cm³/mol. The molecule has 0 spiro atoms. The number of benzene rings is 7. The molecule has 325 valence electrons. The monoisotopic (exact) mass is 1030 g/mol. The zero-order valence-corrected chi connectivity index (χ0v) is 42.3. The largest absolute Gasteiger partial charge is 0.501 e. The topological polar surface area (TPSA) is 43.9 Å². The molecule has 0 aliphatic heterocycles. The number of imidazole rings is 1. The number of hydrogen-bond donors (Lipinski definition) is 0. The first-order valence-corrected chi connectivity index (χ1v) is 25.7. The summed E-state index contributed by atoms with van der Waals surface area (Å²) in [6.07, 6.45) is 2.03. The van der Waals surface area contributed by atoms with Gasteiger partial charge in [0.15, 0.2) is 0 Å². The zero-order chi connectivity index (χ0) is 45.3. The van der Waals surface area contributed by atoms with Gasteiger partial charge in [-0.3, -0.25) is 4.98 Å². The average molecular weight is 1030 g/mol. The molecule has 4 nitrogen and oxygen atoms in total. The van der Waals surface area contributed by atoms with Crippen LogP contribution in [0, 0.1) is 31.9 Å².